The fourth-order valence-corrected chi connectivity index (χ4v) is 4.02. The van der Waals surface area contributed by atoms with Crippen LogP contribution in [0.3, 0.4) is 0 Å². The maximum atomic E-state index is 11.1. The molecule has 0 N–H and O–H groups in total. The summed E-state index contributed by atoms with van der Waals surface area (Å²) in [6, 6.07) is 8.30. The van der Waals surface area contributed by atoms with Crippen LogP contribution in [0.5, 0.6) is 5.75 Å². The minimum absolute atomic E-state index is 0.252. The standard InChI is InChI=1S/C19H21NO3S/c1-12-9-18(24-11-12)19-13(2)16-10-15(22-4)5-6-17(16)20(19)7-8-23-14(3)21/h5-6,9-11H,7-8H2,1-4H3. The number of hydrogen-bond acceptors (Lipinski definition) is 4. The zero-order chi connectivity index (χ0) is 17.3. The van der Waals surface area contributed by atoms with Gasteiger partial charge in [0, 0.05) is 17.8 Å². The number of carbonyl (C=O) groups is 1. The van der Waals surface area contributed by atoms with Crippen LogP contribution in [0.4, 0.5) is 0 Å². The number of nitrogens with zero attached hydrogens (tertiary/aromatic N) is 1. The molecule has 0 aliphatic rings. The summed E-state index contributed by atoms with van der Waals surface area (Å²) in [6.07, 6.45) is 0. The lowest BCUT2D eigenvalue weighted by molar-refractivity contribution is -0.141. The molecule has 0 saturated heterocycles. The van der Waals surface area contributed by atoms with Crippen molar-refractivity contribution in [2.24, 2.45) is 0 Å². The summed E-state index contributed by atoms with van der Waals surface area (Å²) < 4.78 is 12.8. The Morgan fingerprint density at radius 1 is 1.25 bits per heavy atom. The molecule has 0 fully saturated rings. The predicted octanol–water partition coefficient (Wildman–Crippen LogP) is 4.56. The molecule has 0 spiro atoms. The van der Waals surface area contributed by atoms with Crippen LogP contribution in [0, 0.1) is 13.8 Å². The van der Waals surface area contributed by atoms with Gasteiger partial charge in [0.25, 0.3) is 0 Å². The van der Waals surface area contributed by atoms with E-state index in [0.29, 0.717) is 13.2 Å². The fourth-order valence-electron chi connectivity index (χ4n) is 3.01. The Bertz CT molecular complexity index is 892. The first-order chi connectivity index (χ1) is 11.5. The van der Waals surface area contributed by atoms with Gasteiger partial charge in [-0.25, -0.2) is 0 Å². The predicted molar refractivity (Wildman–Crippen MR) is 97.9 cm³/mol. The maximum absolute atomic E-state index is 11.1. The van der Waals surface area contributed by atoms with Crippen LogP contribution in [0.1, 0.15) is 18.1 Å². The first-order valence-corrected chi connectivity index (χ1v) is 8.75. The van der Waals surface area contributed by atoms with Gasteiger partial charge in [0.2, 0.25) is 0 Å². The fraction of sp³-hybridized carbons (Fsp3) is 0.316. The second kappa shape index (κ2) is 6.69. The molecular formula is C19H21NO3S. The number of carbonyl (C=O) groups excluding carboxylic acids is 1. The van der Waals surface area contributed by atoms with E-state index in [1.807, 2.05) is 6.07 Å². The third-order valence-corrected chi connectivity index (χ3v) is 5.16. The van der Waals surface area contributed by atoms with Crippen LogP contribution < -0.4 is 4.74 Å². The summed E-state index contributed by atoms with van der Waals surface area (Å²) in [5.41, 5.74) is 4.78. The van der Waals surface area contributed by atoms with Gasteiger partial charge in [0.1, 0.15) is 12.4 Å². The van der Waals surface area contributed by atoms with Gasteiger partial charge in [0.15, 0.2) is 0 Å². The Hall–Kier alpha value is -2.27. The molecule has 0 atom stereocenters. The van der Waals surface area contributed by atoms with E-state index >= 15 is 0 Å². The molecule has 24 heavy (non-hydrogen) atoms. The molecule has 0 saturated carbocycles. The normalized spacial score (nSPS) is 11.0. The van der Waals surface area contributed by atoms with Crippen LogP contribution in [-0.2, 0) is 16.1 Å². The summed E-state index contributed by atoms with van der Waals surface area (Å²) in [4.78, 5) is 12.3. The van der Waals surface area contributed by atoms with E-state index < -0.39 is 0 Å². The monoisotopic (exact) mass is 343 g/mol. The number of ether oxygens (including phenoxy) is 2. The molecule has 2 heterocycles. The average Bonchev–Trinajstić information content (AvgIpc) is 3.09. The van der Waals surface area contributed by atoms with Gasteiger partial charge in [-0.15, -0.1) is 11.3 Å². The zero-order valence-electron chi connectivity index (χ0n) is 14.4. The number of hydrogen-bond donors (Lipinski definition) is 0. The third kappa shape index (κ3) is 3.04. The highest BCUT2D eigenvalue weighted by Crippen LogP contribution is 2.37. The van der Waals surface area contributed by atoms with Crippen molar-refractivity contribution in [3.8, 4) is 16.3 Å². The highest BCUT2D eigenvalue weighted by atomic mass is 32.1. The lowest BCUT2D eigenvalue weighted by Crippen LogP contribution is -2.09. The smallest absolute Gasteiger partial charge is 0.302 e. The van der Waals surface area contributed by atoms with Gasteiger partial charge in [-0.3, -0.25) is 4.79 Å². The Labute approximate surface area is 145 Å². The Kier molecular flexibility index (Phi) is 4.62. The lowest BCUT2D eigenvalue weighted by atomic mass is 10.1. The number of rotatable bonds is 5. The van der Waals surface area contributed by atoms with E-state index in [2.05, 4.69) is 42.0 Å². The van der Waals surface area contributed by atoms with E-state index in [1.165, 1.54) is 34.0 Å². The van der Waals surface area contributed by atoms with Gasteiger partial charge in [-0.2, -0.15) is 0 Å². The average molecular weight is 343 g/mol. The molecule has 3 aromatic rings. The second-order valence-corrected chi connectivity index (χ2v) is 6.75. The van der Waals surface area contributed by atoms with E-state index in [-0.39, 0.29) is 5.97 Å². The van der Waals surface area contributed by atoms with Crippen molar-refractivity contribution >= 4 is 28.2 Å². The number of aryl methyl sites for hydroxylation is 2. The maximum Gasteiger partial charge on any atom is 0.302 e. The number of thiophene rings is 1. The molecule has 4 nitrogen and oxygen atoms in total. The molecule has 5 heteroatoms. The first-order valence-electron chi connectivity index (χ1n) is 7.87. The van der Waals surface area contributed by atoms with Crippen LogP contribution >= 0.6 is 11.3 Å². The quantitative estimate of drug-likeness (QED) is 0.638. The molecule has 0 amide bonds. The number of methoxy groups -OCH3 is 1. The van der Waals surface area contributed by atoms with Crippen molar-refractivity contribution < 1.29 is 14.3 Å². The van der Waals surface area contributed by atoms with Gasteiger partial charge in [0.05, 0.1) is 24.2 Å². The molecule has 1 aromatic carbocycles. The highest BCUT2D eigenvalue weighted by Gasteiger charge is 2.17. The molecular weight excluding hydrogens is 322 g/mol. The minimum atomic E-state index is -0.252. The largest absolute Gasteiger partial charge is 0.497 e. The molecule has 2 aromatic heterocycles. The van der Waals surface area contributed by atoms with E-state index in [1.54, 1.807) is 18.4 Å². The van der Waals surface area contributed by atoms with Gasteiger partial charge < -0.3 is 14.0 Å². The Morgan fingerprint density at radius 3 is 2.67 bits per heavy atom. The molecule has 0 aliphatic carbocycles. The summed E-state index contributed by atoms with van der Waals surface area (Å²) in [7, 11) is 1.68. The molecule has 0 aliphatic heterocycles. The van der Waals surface area contributed by atoms with Gasteiger partial charge in [-0.05, 0) is 54.6 Å². The molecule has 3 rings (SSSR count). The number of fused-ring (bicyclic) bond motifs is 1. The molecule has 0 unspecified atom stereocenters. The SMILES string of the molecule is COc1ccc2c(c1)c(C)c(-c1cc(C)cs1)n2CCOC(C)=O. The van der Waals surface area contributed by atoms with Crippen molar-refractivity contribution in [1.82, 2.24) is 4.57 Å². The van der Waals surface area contributed by atoms with Crippen molar-refractivity contribution in [3.63, 3.8) is 0 Å². The Balaban J connectivity index is 2.15. The lowest BCUT2D eigenvalue weighted by Gasteiger charge is -2.10. The number of aromatic nitrogens is 1. The van der Waals surface area contributed by atoms with Crippen molar-refractivity contribution in [2.45, 2.75) is 27.3 Å². The van der Waals surface area contributed by atoms with E-state index in [9.17, 15) is 4.79 Å². The zero-order valence-corrected chi connectivity index (χ0v) is 15.2. The number of esters is 1. The molecule has 0 bridgehead atoms. The summed E-state index contributed by atoms with van der Waals surface area (Å²) in [6.45, 7) is 6.66. The van der Waals surface area contributed by atoms with Crippen molar-refractivity contribution in [3.05, 3.63) is 40.8 Å². The van der Waals surface area contributed by atoms with Gasteiger partial charge >= 0.3 is 5.97 Å². The van der Waals surface area contributed by atoms with Gasteiger partial charge in [-0.1, -0.05) is 0 Å². The van der Waals surface area contributed by atoms with Crippen molar-refractivity contribution in [2.75, 3.05) is 13.7 Å². The highest BCUT2D eigenvalue weighted by molar-refractivity contribution is 7.13. The Morgan fingerprint density at radius 2 is 2.04 bits per heavy atom. The first kappa shape index (κ1) is 16.6. The topological polar surface area (TPSA) is 40.5 Å². The third-order valence-electron chi connectivity index (χ3n) is 4.11. The van der Waals surface area contributed by atoms with Crippen LogP contribution in [0.15, 0.2) is 29.6 Å². The summed E-state index contributed by atoms with van der Waals surface area (Å²) in [5, 5.41) is 3.32. The molecule has 126 valence electrons. The summed E-state index contributed by atoms with van der Waals surface area (Å²) >= 11 is 1.74. The van der Waals surface area contributed by atoms with E-state index in [0.717, 1.165) is 11.3 Å². The van der Waals surface area contributed by atoms with Crippen molar-refractivity contribution in [1.29, 1.82) is 0 Å². The minimum Gasteiger partial charge on any atom is -0.497 e. The van der Waals surface area contributed by atoms with Crippen LogP contribution in [0.2, 0.25) is 0 Å². The second-order valence-electron chi connectivity index (χ2n) is 5.84. The van der Waals surface area contributed by atoms with Crippen LogP contribution in [-0.4, -0.2) is 24.3 Å². The summed E-state index contributed by atoms with van der Waals surface area (Å²) in [5.74, 6) is 0.593. The number of benzene rings is 1. The molecule has 0 radical (unpaired) electrons. The van der Waals surface area contributed by atoms with Crippen LogP contribution in [0.25, 0.3) is 21.5 Å². The van der Waals surface area contributed by atoms with E-state index in [4.69, 9.17) is 9.47 Å².